The van der Waals surface area contributed by atoms with Crippen molar-refractivity contribution in [1.29, 1.82) is 0 Å². The van der Waals surface area contributed by atoms with Crippen molar-refractivity contribution in [2.45, 2.75) is 38.3 Å². The van der Waals surface area contributed by atoms with Crippen molar-refractivity contribution in [2.75, 3.05) is 16.8 Å². The summed E-state index contributed by atoms with van der Waals surface area (Å²) in [4.78, 5) is 55.4. The van der Waals surface area contributed by atoms with Crippen molar-refractivity contribution in [1.82, 2.24) is 4.90 Å². The van der Waals surface area contributed by atoms with Crippen LogP contribution >= 0.6 is 11.6 Å². The van der Waals surface area contributed by atoms with Crippen LogP contribution in [0.3, 0.4) is 0 Å². The molecule has 0 saturated carbocycles. The fourth-order valence-electron chi connectivity index (χ4n) is 6.68. The zero-order valence-electron chi connectivity index (χ0n) is 18.5. The Bertz CT molecular complexity index is 1340. The number of benzene rings is 2. The van der Waals surface area contributed by atoms with E-state index >= 15 is 0 Å². The van der Waals surface area contributed by atoms with Gasteiger partial charge >= 0.3 is 0 Å². The summed E-state index contributed by atoms with van der Waals surface area (Å²) in [7, 11) is 0. The highest BCUT2D eigenvalue weighted by Crippen LogP contribution is 2.61. The van der Waals surface area contributed by atoms with Crippen molar-refractivity contribution in [3.63, 3.8) is 0 Å². The lowest BCUT2D eigenvalue weighted by molar-refractivity contribution is -0.384. The summed E-state index contributed by atoms with van der Waals surface area (Å²) in [6, 6.07) is 7.32. The molecule has 3 saturated heterocycles. The van der Waals surface area contributed by atoms with Gasteiger partial charge in [0.25, 0.3) is 5.69 Å². The second-order valence-corrected chi connectivity index (χ2v) is 9.95. The highest BCUT2D eigenvalue weighted by molar-refractivity contribution is 6.31. The first-order valence-electron chi connectivity index (χ1n) is 11.2. The summed E-state index contributed by atoms with van der Waals surface area (Å²) in [6.07, 6.45) is 1.52. The Labute approximate surface area is 199 Å². The number of anilines is 2. The van der Waals surface area contributed by atoms with E-state index in [4.69, 9.17) is 11.6 Å². The van der Waals surface area contributed by atoms with Crippen LogP contribution in [0, 0.1) is 35.8 Å². The minimum atomic E-state index is -1.31. The average Bonchev–Trinajstić information content (AvgIpc) is 3.48. The molecule has 4 aliphatic heterocycles. The summed E-state index contributed by atoms with van der Waals surface area (Å²) in [6.45, 7) is 4.09. The van der Waals surface area contributed by atoms with E-state index in [0.29, 0.717) is 40.5 Å². The molecule has 3 amide bonds. The van der Waals surface area contributed by atoms with Crippen molar-refractivity contribution < 1.29 is 19.3 Å². The molecule has 0 aliphatic carbocycles. The third kappa shape index (κ3) is 2.40. The summed E-state index contributed by atoms with van der Waals surface area (Å²) >= 11 is 6.40. The average molecular weight is 481 g/mol. The third-order valence-electron chi connectivity index (χ3n) is 7.90. The lowest BCUT2D eigenvalue weighted by Crippen LogP contribution is -2.54. The quantitative estimate of drug-likeness (QED) is 0.401. The Morgan fingerprint density at radius 3 is 2.59 bits per heavy atom. The molecule has 2 aromatic carbocycles. The largest absolute Gasteiger partial charge is 0.324 e. The highest BCUT2D eigenvalue weighted by Gasteiger charge is 2.74. The van der Waals surface area contributed by atoms with Crippen molar-refractivity contribution in [3.05, 3.63) is 62.2 Å². The number of amides is 3. The molecule has 9 nitrogen and oxygen atoms in total. The number of hydrogen-bond donors (Lipinski definition) is 1. The number of imide groups is 1. The molecule has 1 N–H and O–H groups in total. The molecule has 4 aliphatic rings. The van der Waals surface area contributed by atoms with Crippen LogP contribution in [-0.4, -0.2) is 40.1 Å². The van der Waals surface area contributed by atoms with E-state index < -0.39 is 28.2 Å². The maximum Gasteiger partial charge on any atom is 0.269 e. The number of nitrogens with zero attached hydrogens (tertiary/aromatic N) is 3. The van der Waals surface area contributed by atoms with Crippen LogP contribution in [0.2, 0.25) is 5.02 Å². The maximum atomic E-state index is 14.0. The third-order valence-corrected chi connectivity index (χ3v) is 8.11. The Morgan fingerprint density at radius 2 is 1.88 bits per heavy atom. The molecule has 2 aromatic rings. The standard InChI is InChI=1S/C24H21ClN4O5/c1-11-9-14(29(33)34)5-6-16(11)28-21(30)18-17-4-3-7-27(17)24(19(18)22(28)31)15-10-13(25)8-12(2)20(15)26-23(24)32/h5-6,8-10,17-19H,3-4,7H2,1-2H3,(H,26,32)/t17-,18+,19+,24-/m0/s1. The van der Waals surface area contributed by atoms with Gasteiger partial charge in [-0.05, 0) is 62.6 Å². The van der Waals surface area contributed by atoms with Crippen LogP contribution in [0.1, 0.15) is 29.5 Å². The van der Waals surface area contributed by atoms with Crippen LogP contribution in [-0.2, 0) is 19.9 Å². The van der Waals surface area contributed by atoms with Crippen LogP contribution in [0.25, 0.3) is 0 Å². The zero-order chi connectivity index (χ0) is 24.1. The number of aryl methyl sites for hydroxylation is 2. The van der Waals surface area contributed by atoms with Gasteiger partial charge in [-0.3, -0.25) is 29.4 Å². The topological polar surface area (TPSA) is 113 Å². The number of nitro benzene ring substituents is 1. The van der Waals surface area contributed by atoms with Crippen LogP contribution in [0.5, 0.6) is 0 Å². The first-order valence-corrected chi connectivity index (χ1v) is 11.6. The maximum absolute atomic E-state index is 14.0. The molecular weight excluding hydrogens is 460 g/mol. The number of carbonyl (C=O) groups excluding carboxylic acids is 3. The fourth-order valence-corrected chi connectivity index (χ4v) is 6.95. The first-order chi connectivity index (χ1) is 16.2. The van der Waals surface area contributed by atoms with Crippen LogP contribution in [0.4, 0.5) is 17.1 Å². The minimum Gasteiger partial charge on any atom is -0.324 e. The van der Waals surface area contributed by atoms with E-state index in [0.717, 1.165) is 16.9 Å². The Morgan fingerprint density at radius 1 is 1.12 bits per heavy atom. The predicted octanol–water partition coefficient (Wildman–Crippen LogP) is 3.30. The lowest BCUT2D eigenvalue weighted by atomic mass is 9.75. The fraction of sp³-hybridized carbons (Fsp3) is 0.375. The van der Waals surface area contributed by atoms with E-state index in [2.05, 4.69) is 5.32 Å². The number of nitrogens with one attached hydrogen (secondary N) is 1. The van der Waals surface area contributed by atoms with Gasteiger partial charge in [0, 0.05) is 34.4 Å². The van der Waals surface area contributed by atoms with Crippen molar-refractivity contribution in [2.24, 2.45) is 11.8 Å². The number of nitro groups is 1. The number of fused-ring (bicyclic) bond motifs is 7. The number of rotatable bonds is 2. The van der Waals surface area contributed by atoms with Crippen molar-refractivity contribution in [3.8, 4) is 0 Å². The minimum absolute atomic E-state index is 0.117. The van der Waals surface area contributed by atoms with Gasteiger partial charge in [-0.1, -0.05) is 11.6 Å². The van der Waals surface area contributed by atoms with Gasteiger partial charge in [-0.25, -0.2) is 4.90 Å². The summed E-state index contributed by atoms with van der Waals surface area (Å²) < 4.78 is 0. The molecule has 6 rings (SSSR count). The summed E-state index contributed by atoms with van der Waals surface area (Å²) in [5.74, 6) is -2.71. The Hall–Kier alpha value is -3.30. The molecule has 0 aromatic heterocycles. The lowest BCUT2D eigenvalue weighted by Gasteiger charge is -2.36. The first kappa shape index (κ1) is 21.2. The predicted molar refractivity (Wildman–Crippen MR) is 124 cm³/mol. The molecule has 0 radical (unpaired) electrons. The molecule has 10 heteroatoms. The number of non-ortho nitro benzene ring substituents is 1. The number of carbonyl (C=O) groups is 3. The monoisotopic (exact) mass is 480 g/mol. The van der Waals surface area contributed by atoms with E-state index in [1.54, 1.807) is 19.1 Å². The van der Waals surface area contributed by atoms with Crippen molar-refractivity contribution >= 4 is 46.4 Å². The van der Waals surface area contributed by atoms with E-state index in [1.807, 2.05) is 11.8 Å². The summed E-state index contributed by atoms with van der Waals surface area (Å²) in [5, 5.41) is 14.6. The van der Waals surface area contributed by atoms with Gasteiger partial charge in [0.2, 0.25) is 17.7 Å². The van der Waals surface area contributed by atoms with Crippen LogP contribution in [0.15, 0.2) is 30.3 Å². The molecule has 0 bridgehead atoms. The SMILES string of the molecule is Cc1cc([N+](=O)[O-])ccc1N1C(=O)[C@@H]2[C@@H]3CCCN3[C@]3(C(=O)Nc4c(C)cc(Cl)cc43)[C@H]2C1=O. The normalized spacial score (nSPS) is 29.6. The van der Waals surface area contributed by atoms with E-state index in [-0.39, 0.29) is 23.5 Å². The van der Waals surface area contributed by atoms with Gasteiger partial charge in [0.1, 0.15) is 5.54 Å². The molecule has 34 heavy (non-hydrogen) atoms. The number of hydrogen-bond acceptors (Lipinski definition) is 6. The molecule has 4 heterocycles. The second kappa shape index (κ2) is 6.86. The Kier molecular flexibility index (Phi) is 4.29. The molecule has 174 valence electrons. The van der Waals surface area contributed by atoms with Gasteiger partial charge < -0.3 is 5.32 Å². The van der Waals surface area contributed by atoms with E-state index in [9.17, 15) is 24.5 Å². The van der Waals surface area contributed by atoms with Gasteiger partial charge in [-0.15, -0.1) is 0 Å². The molecule has 0 unspecified atom stereocenters. The smallest absolute Gasteiger partial charge is 0.269 e. The Balaban J connectivity index is 1.54. The molecule has 1 spiro atoms. The molecular formula is C24H21ClN4O5. The van der Waals surface area contributed by atoms with Gasteiger partial charge in [0.15, 0.2) is 0 Å². The number of halogens is 1. The van der Waals surface area contributed by atoms with Gasteiger partial charge in [0.05, 0.1) is 22.4 Å². The van der Waals surface area contributed by atoms with E-state index in [1.165, 1.54) is 18.2 Å². The second-order valence-electron chi connectivity index (χ2n) is 9.51. The molecule has 4 atom stereocenters. The molecule has 3 fully saturated rings. The van der Waals surface area contributed by atoms with Crippen LogP contribution < -0.4 is 10.2 Å². The van der Waals surface area contributed by atoms with Gasteiger partial charge in [-0.2, -0.15) is 0 Å². The zero-order valence-corrected chi connectivity index (χ0v) is 19.3. The highest BCUT2D eigenvalue weighted by atomic mass is 35.5. The summed E-state index contributed by atoms with van der Waals surface area (Å²) in [5.41, 5.74) is 1.42.